The molecule has 86 valence electrons. The van der Waals surface area contributed by atoms with Crippen LogP contribution in [-0.2, 0) is 0 Å². The third kappa shape index (κ3) is 3.59. The standard InChI is InChI=1S/C12H12N4Se/c13-9-1-5-11(6-2-9)15-17-16-12-7-3-10(14)4-8-12/h1-8H,13-14H2. The van der Waals surface area contributed by atoms with E-state index in [0.29, 0.717) is 0 Å². The Morgan fingerprint density at radius 3 is 1.35 bits per heavy atom. The second-order valence-electron chi connectivity index (χ2n) is 3.45. The number of benzene rings is 2. The molecule has 2 rings (SSSR count). The van der Waals surface area contributed by atoms with Gasteiger partial charge in [0.15, 0.2) is 0 Å². The molecule has 0 spiro atoms. The first-order chi connectivity index (χ1) is 8.24. The van der Waals surface area contributed by atoms with E-state index in [0.717, 1.165) is 22.7 Å². The molecular weight excluding hydrogens is 279 g/mol. The van der Waals surface area contributed by atoms with E-state index in [4.69, 9.17) is 11.5 Å². The van der Waals surface area contributed by atoms with Crippen LogP contribution in [0.5, 0.6) is 0 Å². The first-order valence-corrected chi connectivity index (χ1v) is 6.56. The van der Waals surface area contributed by atoms with Gasteiger partial charge >= 0.3 is 105 Å². The number of nitrogens with zero attached hydrogens (tertiary/aromatic N) is 2. The predicted molar refractivity (Wildman–Crippen MR) is 71.6 cm³/mol. The van der Waals surface area contributed by atoms with Crippen LogP contribution in [0.15, 0.2) is 56.5 Å². The van der Waals surface area contributed by atoms with Gasteiger partial charge in [-0.05, 0) is 0 Å². The van der Waals surface area contributed by atoms with Crippen LogP contribution in [0.2, 0.25) is 0 Å². The van der Waals surface area contributed by atoms with Gasteiger partial charge in [0.05, 0.1) is 0 Å². The van der Waals surface area contributed by atoms with Crippen molar-refractivity contribution in [1.29, 1.82) is 0 Å². The topological polar surface area (TPSA) is 76.8 Å². The molecule has 2 aromatic carbocycles. The van der Waals surface area contributed by atoms with Gasteiger partial charge in [0.25, 0.3) is 0 Å². The molecule has 0 bridgehead atoms. The number of rotatable bonds is 2. The summed E-state index contributed by atoms with van der Waals surface area (Å²) in [5.74, 6) is 0. The third-order valence-electron chi connectivity index (χ3n) is 2.08. The normalized spacial score (nSPS) is 9.65. The van der Waals surface area contributed by atoms with Crippen LogP contribution in [0.3, 0.4) is 0 Å². The minimum absolute atomic E-state index is 0.160. The molecule has 4 nitrogen and oxygen atoms in total. The molecule has 0 saturated heterocycles. The van der Waals surface area contributed by atoms with Crippen molar-refractivity contribution in [2.75, 3.05) is 11.5 Å². The Morgan fingerprint density at radius 2 is 1.00 bits per heavy atom. The zero-order chi connectivity index (χ0) is 12.1. The van der Waals surface area contributed by atoms with Gasteiger partial charge in [0.2, 0.25) is 0 Å². The maximum absolute atomic E-state index is 5.59. The van der Waals surface area contributed by atoms with E-state index in [1.165, 1.54) is 0 Å². The molecule has 0 aliphatic rings. The van der Waals surface area contributed by atoms with Crippen LogP contribution >= 0.6 is 0 Å². The van der Waals surface area contributed by atoms with Crippen LogP contribution < -0.4 is 11.5 Å². The summed E-state index contributed by atoms with van der Waals surface area (Å²) in [6.07, 6.45) is 0. The predicted octanol–water partition coefficient (Wildman–Crippen LogP) is 2.89. The summed E-state index contributed by atoms with van der Waals surface area (Å²) in [5, 5.41) is 0. The van der Waals surface area contributed by atoms with E-state index in [-0.39, 0.29) is 14.6 Å². The Hall–Kier alpha value is -1.84. The average Bonchev–Trinajstić information content (AvgIpc) is 2.34. The van der Waals surface area contributed by atoms with Crippen LogP contribution in [-0.4, -0.2) is 14.6 Å². The fraction of sp³-hybridized carbons (Fsp3) is 0. The van der Waals surface area contributed by atoms with Crippen molar-refractivity contribution < 1.29 is 0 Å². The number of hydrogen-bond acceptors (Lipinski definition) is 4. The molecule has 0 unspecified atom stereocenters. The summed E-state index contributed by atoms with van der Waals surface area (Å²) < 4.78 is 8.75. The molecule has 5 heteroatoms. The monoisotopic (exact) mass is 292 g/mol. The zero-order valence-corrected chi connectivity index (χ0v) is 10.8. The molecule has 2 aromatic rings. The van der Waals surface area contributed by atoms with E-state index in [9.17, 15) is 0 Å². The van der Waals surface area contributed by atoms with Crippen molar-refractivity contribution in [3.05, 3.63) is 48.5 Å². The van der Waals surface area contributed by atoms with Crippen molar-refractivity contribution >= 4 is 37.3 Å². The molecule has 17 heavy (non-hydrogen) atoms. The molecule has 0 saturated carbocycles. The fourth-order valence-electron chi connectivity index (χ4n) is 1.19. The summed E-state index contributed by atoms with van der Waals surface area (Å²) in [6, 6.07) is 14.9. The molecule has 0 radical (unpaired) electrons. The second kappa shape index (κ2) is 5.48. The van der Waals surface area contributed by atoms with E-state index < -0.39 is 0 Å². The van der Waals surface area contributed by atoms with Gasteiger partial charge < -0.3 is 0 Å². The Balaban J connectivity index is 2.14. The van der Waals surface area contributed by atoms with E-state index in [2.05, 4.69) is 7.92 Å². The minimum atomic E-state index is -0.160. The van der Waals surface area contributed by atoms with E-state index in [1.807, 2.05) is 48.5 Å². The summed E-state index contributed by atoms with van der Waals surface area (Å²) >= 11 is -0.160. The Morgan fingerprint density at radius 1 is 0.647 bits per heavy atom. The Bertz CT molecular complexity index is 505. The van der Waals surface area contributed by atoms with Gasteiger partial charge in [-0.3, -0.25) is 0 Å². The zero-order valence-electron chi connectivity index (χ0n) is 9.08. The van der Waals surface area contributed by atoms with Crippen LogP contribution in [0.25, 0.3) is 0 Å². The van der Waals surface area contributed by atoms with E-state index >= 15 is 0 Å². The average molecular weight is 291 g/mol. The molecule has 0 fully saturated rings. The summed E-state index contributed by atoms with van der Waals surface area (Å²) in [6.45, 7) is 0. The van der Waals surface area contributed by atoms with Crippen molar-refractivity contribution in [2.45, 2.75) is 0 Å². The van der Waals surface area contributed by atoms with Gasteiger partial charge in [-0.2, -0.15) is 0 Å². The van der Waals surface area contributed by atoms with Gasteiger partial charge in [-0.15, -0.1) is 0 Å². The van der Waals surface area contributed by atoms with Crippen LogP contribution in [0.4, 0.5) is 22.7 Å². The van der Waals surface area contributed by atoms with Gasteiger partial charge in [0, 0.05) is 0 Å². The number of nitrogen functional groups attached to an aromatic ring is 2. The first-order valence-electron chi connectivity index (χ1n) is 5.03. The molecule has 0 aromatic heterocycles. The number of nitrogens with two attached hydrogens (primary N) is 2. The SMILES string of the molecule is Nc1ccc(N=[Se]=Nc2ccc(N)cc2)cc1. The molecular formula is C12H12N4Se. The molecule has 0 aliphatic carbocycles. The van der Waals surface area contributed by atoms with Crippen LogP contribution in [0.1, 0.15) is 0 Å². The van der Waals surface area contributed by atoms with Gasteiger partial charge in [-0.25, -0.2) is 0 Å². The van der Waals surface area contributed by atoms with Crippen LogP contribution in [0, 0.1) is 0 Å². The fourth-order valence-corrected chi connectivity index (χ4v) is 2.18. The molecule has 0 amide bonds. The Labute approximate surface area is 105 Å². The molecule has 0 aliphatic heterocycles. The van der Waals surface area contributed by atoms with Gasteiger partial charge in [-0.1, -0.05) is 0 Å². The Kier molecular flexibility index (Phi) is 3.75. The number of anilines is 2. The number of hydrogen-bond donors (Lipinski definition) is 2. The quantitative estimate of drug-likeness (QED) is 0.659. The summed E-state index contributed by atoms with van der Waals surface area (Å²) in [7, 11) is 0. The van der Waals surface area contributed by atoms with Crippen molar-refractivity contribution in [1.82, 2.24) is 0 Å². The van der Waals surface area contributed by atoms with E-state index in [1.54, 1.807) is 0 Å². The van der Waals surface area contributed by atoms with Crippen molar-refractivity contribution in [3.8, 4) is 0 Å². The van der Waals surface area contributed by atoms with Crippen molar-refractivity contribution in [3.63, 3.8) is 0 Å². The van der Waals surface area contributed by atoms with Gasteiger partial charge in [0.1, 0.15) is 0 Å². The third-order valence-corrected chi connectivity index (χ3v) is 3.31. The molecule has 4 N–H and O–H groups in total. The second-order valence-corrected chi connectivity index (χ2v) is 4.56. The van der Waals surface area contributed by atoms with Crippen molar-refractivity contribution in [2.24, 2.45) is 7.92 Å². The summed E-state index contributed by atoms with van der Waals surface area (Å²) in [5.41, 5.74) is 14.5. The molecule has 0 heterocycles. The molecule has 0 atom stereocenters. The first kappa shape index (κ1) is 11.6. The summed E-state index contributed by atoms with van der Waals surface area (Å²) in [4.78, 5) is 0. The maximum atomic E-state index is 5.59.